The van der Waals surface area contributed by atoms with Crippen LogP contribution in [0.4, 0.5) is 10.5 Å². The molecule has 44 heavy (non-hydrogen) atoms. The van der Waals surface area contributed by atoms with Gasteiger partial charge in [0.05, 0.1) is 29.6 Å². The summed E-state index contributed by atoms with van der Waals surface area (Å²) in [7, 11) is 0. The van der Waals surface area contributed by atoms with Gasteiger partial charge in [0.2, 0.25) is 5.88 Å². The lowest BCUT2D eigenvalue weighted by Gasteiger charge is -2.44. The molecule has 0 radical (unpaired) electrons. The largest absolute Gasteiger partial charge is 0.477 e. The number of benzene rings is 1. The van der Waals surface area contributed by atoms with Gasteiger partial charge in [-0.2, -0.15) is 0 Å². The average molecular weight is 598 g/mol. The van der Waals surface area contributed by atoms with Crippen molar-refractivity contribution in [1.82, 2.24) is 30.4 Å². The summed E-state index contributed by atoms with van der Waals surface area (Å²) in [5.74, 6) is 0.310. The summed E-state index contributed by atoms with van der Waals surface area (Å²) in [5.41, 5.74) is 3.77. The first-order valence-electron chi connectivity index (χ1n) is 16.0. The van der Waals surface area contributed by atoms with Gasteiger partial charge >= 0.3 is 6.03 Å². The number of rotatable bonds is 8. The molecule has 232 valence electrons. The molecule has 0 aliphatic carbocycles. The van der Waals surface area contributed by atoms with Crippen molar-refractivity contribution in [1.29, 1.82) is 0 Å². The van der Waals surface area contributed by atoms with Crippen LogP contribution in [0.3, 0.4) is 0 Å². The first-order valence-corrected chi connectivity index (χ1v) is 16.0. The monoisotopic (exact) mass is 597 g/mol. The number of carbonyl (C=O) groups excluding carboxylic acids is 2. The Bertz CT molecular complexity index is 1450. The van der Waals surface area contributed by atoms with Gasteiger partial charge in [0.15, 0.2) is 5.69 Å². The molecule has 0 spiro atoms. The van der Waals surface area contributed by atoms with Crippen LogP contribution in [0.1, 0.15) is 61.6 Å². The van der Waals surface area contributed by atoms with Gasteiger partial charge in [0, 0.05) is 51.0 Å². The number of nitrogens with zero attached hydrogens (tertiary/aromatic N) is 5. The van der Waals surface area contributed by atoms with Gasteiger partial charge in [-0.15, -0.1) is 0 Å². The molecule has 2 aromatic heterocycles. The van der Waals surface area contributed by atoms with E-state index in [2.05, 4.69) is 39.6 Å². The summed E-state index contributed by atoms with van der Waals surface area (Å²) in [6.45, 7) is 8.75. The number of anilines is 1. The Morgan fingerprint density at radius 3 is 2.66 bits per heavy atom. The van der Waals surface area contributed by atoms with Crippen LogP contribution in [0.25, 0.3) is 11.3 Å². The van der Waals surface area contributed by atoms with Crippen LogP contribution < -0.4 is 20.3 Å². The van der Waals surface area contributed by atoms with Gasteiger partial charge < -0.3 is 30.1 Å². The van der Waals surface area contributed by atoms with Crippen molar-refractivity contribution >= 4 is 17.6 Å². The van der Waals surface area contributed by atoms with Crippen LogP contribution in [-0.4, -0.2) is 89.7 Å². The number of hydrogen-bond acceptors (Lipinski definition) is 7. The number of aromatic nitrogens is 2. The normalized spacial score (nSPS) is 21.9. The minimum atomic E-state index is -0.187. The zero-order chi connectivity index (χ0) is 30.5. The van der Waals surface area contributed by atoms with E-state index in [1.807, 2.05) is 59.2 Å². The molecule has 10 nitrogen and oxygen atoms in total. The van der Waals surface area contributed by atoms with E-state index in [1.54, 1.807) is 6.20 Å². The lowest BCUT2D eigenvalue weighted by atomic mass is 10.0. The van der Waals surface area contributed by atoms with E-state index in [0.29, 0.717) is 43.5 Å². The predicted octanol–water partition coefficient (Wildman–Crippen LogP) is 4.49. The summed E-state index contributed by atoms with van der Waals surface area (Å²) in [6, 6.07) is 18.4. The van der Waals surface area contributed by atoms with Crippen molar-refractivity contribution in [2.75, 3.05) is 50.8 Å². The number of amides is 3. The molecule has 0 bridgehead atoms. The quantitative estimate of drug-likeness (QED) is 0.395. The summed E-state index contributed by atoms with van der Waals surface area (Å²) >= 11 is 0. The number of hydrogen-bond donors (Lipinski definition) is 2. The molecule has 0 unspecified atom stereocenters. The number of nitrogens with one attached hydrogen (secondary N) is 2. The second-order valence-electron chi connectivity index (χ2n) is 11.8. The minimum absolute atomic E-state index is 0.0511. The standard InChI is InChI=1S/C34H43N7O3/c1-3-26-23-39(34(43)41-19-9-13-29(41)24-10-6-5-7-11-24)20-21-40(26)30-15-14-28(27-12-8-17-36-33(27)44-4-2)38-31(30)32(42)37-25-16-18-35-22-25/h5-8,10-12,14-15,17,25-26,29,35H,3-4,9,13,16,18-23H2,1-2H3,(H,37,42)/t25-,26-,29+/m1/s1. The third-order valence-corrected chi connectivity index (χ3v) is 9.03. The van der Waals surface area contributed by atoms with Gasteiger partial charge in [-0.3, -0.25) is 4.79 Å². The second-order valence-corrected chi connectivity index (χ2v) is 11.8. The molecule has 0 saturated carbocycles. The SMILES string of the molecule is CCOc1ncccc1-c1ccc(N2CCN(C(=O)N3CCC[C@H]3c3ccccc3)C[C@H]2CC)c(C(=O)N[C@@H]2CCNC2)n1. The highest BCUT2D eigenvalue weighted by Gasteiger charge is 2.37. The van der Waals surface area contributed by atoms with Gasteiger partial charge in [-0.1, -0.05) is 37.3 Å². The molecule has 3 aliphatic heterocycles. The molecular weight excluding hydrogens is 554 g/mol. The van der Waals surface area contributed by atoms with Crippen molar-refractivity contribution in [2.45, 2.75) is 57.7 Å². The smallest absolute Gasteiger partial charge is 0.320 e. The fourth-order valence-corrected chi connectivity index (χ4v) is 6.76. The Kier molecular flexibility index (Phi) is 9.26. The zero-order valence-electron chi connectivity index (χ0n) is 25.7. The highest BCUT2D eigenvalue weighted by molar-refractivity contribution is 5.99. The van der Waals surface area contributed by atoms with E-state index in [4.69, 9.17) is 9.72 Å². The minimum Gasteiger partial charge on any atom is -0.477 e. The number of likely N-dealkylation sites (tertiary alicyclic amines) is 1. The molecule has 10 heteroatoms. The fourth-order valence-electron chi connectivity index (χ4n) is 6.76. The summed E-state index contributed by atoms with van der Waals surface area (Å²) in [4.78, 5) is 43.4. The summed E-state index contributed by atoms with van der Waals surface area (Å²) in [5, 5.41) is 6.52. The molecule has 3 saturated heterocycles. The number of carbonyl (C=O) groups is 2. The highest BCUT2D eigenvalue weighted by Crippen LogP contribution is 2.35. The summed E-state index contributed by atoms with van der Waals surface area (Å²) < 4.78 is 5.78. The van der Waals surface area contributed by atoms with Crippen LogP contribution in [0, 0.1) is 0 Å². The number of piperazine rings is 1. The lowest BCUT2D eigenvalue weighted by Crippen LogP contribution is -2.57. The Morgan fingerprint density at radius 2 is 1.89 bits per heavy atom. The van der Waals surface area contributed by atoms with E-state index in [1.165, 1.54) is 5.56 Å². The molecule has 3 aromatic rings. The van der Waals surface area contributed by atoms with Gasteiger partial charge in [-0.05, 0) is 69.0 Å². The maximum absolute atomic E-state index is 13.9. The van der Waals surface area contributed by atoms with Crippen molar-refractivity contribution in [3.05, 3.63) is 72.1 Å². The molecule has 3 fully saturated rings. The maximum atomic E-state index is 13.9. The van der Waals surface area contributed by atoms with E-state index in [-0.39, 0.29) is 30.1 Å². The van der Waals surface area contributed by atoms with E-state index in [0.717, 1.165) is 56.6 Å². The van der Waals surface area contributed by atoms with E-state index >= 15 is 0 Å². The molecule has 2 N–H and O–H groups in total. The van der Waals surface area contributed by atoms with Crippen LogP contribution in [-0.2, 0) is 0 Å². The van der Waals surface area contributed by atoms with Crippen molar-refractivity contribution < 1.29 is 14.3 Å². The van der Waals surface area contributed by atoms with Gasteiger partial charge in [0.25, 0.3) is 5.91 Å². The van der Waals surface area contributed by atoms with Gasteiger partial charge in [-0.25, -0.2) is 14.8 Å². The molecule has 5 heterocycles. The average Bonchev–Trinajstić information content (AvgIpc) is 3.78. The topological polar surface area (TPSA) is 103 Å². The first-order chi connectivity index (χ1) is 21.6. The van der Waals surface area contributed by atoms with Crippen LogP contribution in [0.5, 0.6) is 5.88 Å². The molecule has 3 atom stereocenters. The van der Waals surface area contributed by atoms with E-state index < -0.39 is 0 Å². The van der Waals surface area contributed by atoms with Crippen molar-refractivity contribution in [3.8, 4) is 17.1 Å². The Labute approximate surface area is 259 Å². The molecular formula is C34H43N7O3. The van der Waals surface area contributed by atoms with E-state index in [9.17, 15) is 9.59 Å². The first kappa shape index (κ1) is 29.9. The Morgan fingerprint density at radius 1 is 1.02 bits per heavy atom. The molecule has 1 aromatic carbocycles. The molecule has 6 rings (SSSR count). The summed E-state index contributed by atoms with van der Waals surface area (Å²) in [6.07, 6.45) is 5.41. The highest BCUT2D eigenvalue weighted by atomic mass is 16.5. The number of urea groups is 1. The molecule has 3 aliphatic rings. The van der Waals surface area contributed by atoms with Crippen LogP contribution in [0.2, 0.25) is 0 Å². The predicted molar refractivity (Wildman–Crippen MR) is 171 cm³/mol. The molecule has 3 amide bonds. The Hall–Kier alpha value is -4.18. The zero-order valence-corrected chi connectivity index (χ0v) is 25.7. The van der Waals surface area contributed by atoms with Crippen LogP contribution >= 0.6 is 0 Å². The number of pyridine rings is 2. The van der Waals surface area contributed by atoms with Crippen LogP contribution in [0.15, 0.2) is 60.8 Å². The third kappa shape index (κ3) is 6.22. The second kappa shape index (κ2) is 13.6. The lowest BCUT2D eigenvalue weighted by molar-refractivity contribution is 0.0934. The van der Waals surface area contributed by atoms with Crippen molar-refractivity contribution in [3.63, 3.8) is 0 Å². The Balaban J connectivity index is 1.26. The third-order valence-electron chi connectivity index (χ3n) is 9.03. The number of ether oxygens (including phenoxy) is 1. The fraction of sp³-hybridized carbons (Fsp3) is 0.471. The maximum Gasteiger partial charge on any atom is 0.320 e. The van der Waals surface area contributed by atoms with Crippen molar-refractivity contribution in [2.24, 2.45) is 0 Å². The van der Waals surface area contributed by atoms with Gasteiger partial charge in [0.1, 0.15) is 0 Å².